The molecule has 1 rings (SSSR count). The average molecular weight is 226 g/mol. The van der Waals surface area contributed by atoms with Crippen LogP contribution in [0.4, 0.5) is 0 Å². The van der Waals surface area contributed by atoms with Crippen molar-refractivity contribution in [3.05, 3.63) is 28.2 Å². The number of aromatic nitrogens is 1. The van der Waals surface area contributed by atoms with Crippen LogP contribution in [0.2, 0.25) is 0 Å². The van der Waals surface area contributed by atoms with Gasteiger partial charge in [0.1, 0.15) is 5.01 Å². The lowest BCUT2D eigenvalue weighted by molar-refractivity contribution is 0.203. The Morgan fingerprint density at radius 3 is 2.73 bits per heavy atom. The molecule has 4 heteroatoms. The van der Waals surface area contributed by atoms with Crippen molar-refractivity contribution >= 4 is 11.3 Å². The van der Waals surface area contributed by atoms with Crippen LogP contribution in [0.15, 0.2) is 12.7 Å². The molecule has 0 aliphatic carbocycles. The number of rotatable bonds is 6. The molecule has 1 aromatic heterocycles. The van der Waals surface area contributed by atoms with Crippen molar-refractivity contribution in [3.8, 4) is 0 Å². The van der Waals surface area contributed by atoms with Crippen LogP contribution in [0.25, 0.3) is 0 Å². The van der Waals surface area contributed by atoms with Gasteiger partial charge in [-0.25, -0.2) is 4.98 Å². The zero-order valence-corrected chi connectivity index (χ0v) is 10.2. The van der Waals surface area contributed by atoms with E-state index in [9.17, 15) is 0 Å². The molecule has 0 radical (unpaired) electrons. The number of hydrogen-bond donors (Lipinski definition) is 1. The Balaban J connectivity index is 2.60. The van der Waals surface area contributed by atoms with Crippen LogP contribution in [0.5, 0.6) is 0 Å². The maximum absolute atomic E-state index is 8.91. The molecule has 0 aliphatic heterocycles. The minimum atomic E-state index is 0.178. The Morgan fingerprint density at radius 1 is 1.53 bits per heavy atom. The summed E-state index contributed by atoms with van der Waals surface area (Å²) in [6.45, 7) is 10.3. The summed E-state index contributed by atoms with van der Waals surface area (Å²) in [6.07, 6.45) is 1.85. The minimum absolute atomic E-state index is 0.178. The lowest BCUT2D eigenvalue weighted by atomic mass is 10.4. The van der Waals surface area contributed by atoms with Gasteiger partial charge in [-0.3, -0.25) is 4.90 Å². The monoisotopic (exact) mass is 226 g/mol. The van der Waals surface area contributed by atoms with Crippen molar-refractivity contribution in [1.29, 1.82) is 0 Å². The standard InChI is InChI=1S/C11H18N2OS/c1-4-5-13(6-7-14)8-11-12-9(2)10(3)15-11/h4,14H,1,5-8H2,2-3H3. The van der Waals surface area contributed by atoms with Crippen molar-refractivity contribution in [2.75, 3.05) is 19.7 Å². The van der Waals surface area contributed by atoms with Crippen molar-refractivity contribution in [2.24, 2.45) is 0 Å². The second-order valence-corrected chi connectivity index (χ2v) is 4.78. The average Bonchev–Trinajstić information content (AvgIpc) is 2.47. The van der Waals surface area contributed by atoms with Crippen molar-refractivity contribution in [1.82, 2.24) is 9.88 Å². The van der Waals surface area contributed by atoms with Gasteiger partial charge in [-0.15, -0.1) is 17.9 Å². The summed E-state index contributed by atoms with van der Waals surface area (Å²) in [5.41, 5.74) is 1.11. The van der Waals surface area contributed by atoms with Crippen LogP contribution in [0.3, 0.4) is 0 Å². The summed E-state index contributed by atoms with van der Waals surface area (Å²) < 4.78 is 0. The third kappa shape index (κ3) is 3.74. The summed E-state index contributed by atoms with van der Waals surface area (Å²) in [5.74, 6) is 0. The van der Waals surface area contributed by atoms with Gasteiger partial charge >= 0.3 is 0 Å². The fraction of sp³-hybridized carbons (Fsp3) is 0.545. The maximum atomic E-state index is 8.91. The molecule has 0 spiro atoms. The Labute approximate surface area is 95.1 Å². The summed E-state index contributed by atoms with van der Waals surface area (Å²) in [5, 5.41) is 10.0. The Kier molecular flexibility index (Phi) is 4.94. The van der Waals surface area contributed by atoms with Gasteiger partial charge in [0.05, 0.1) is 18.8 Å². The molecule has 15 heavy (non-hydrogen) atoms. The van der Waals surface area contributed by atoms with E-state index in [2.05, 4.69) is 23.4 Å². The molecule has 0 unspecified atom stereocenters. The summed E-state index contributed by atoms with van der Waals surface area (Å²) >= 11 is 1.73. The number of thiazole rings is 1. The molecule has 84 valence electrons. The second-order valence-electron chi connectivity index (χ2n) is 3.50. The molecule has 0 amide bonds. The van der Waals surface area contributed by atoms with Crippen molar-refractivity contribution in [3.63, 3.8) is 0 Å². The SMILES string of the molecule is C=CCN(CCO)Cc1nc(C)c(C)s1. The van der Waals surface area contributed by atoms with Gasteiger partial charge in [-0.2, -0.15) is 0 Å². The van der Waals surface area contributed by atoms with E-state index in [1.54, 1.807) is 11.3 Å². The highest BCUT2D eigenvalue weighted by Gasteiger charge is 2.08. The molecule has 1 N–H and O–H groups in total. The lowest BCUT2D eigenvalue weighted by Gasteiger charge is -2.17. The number of aliphatic hydroxyl groups excluding tert-OH is 1. The zero-order chi connectivity index (χ0) is 11.3. The highest BCUT2D eigenvalue weighted by atomic mass is 32.1. The first-order valence-electron chi connectivity index (χ1n) is 5.04. The van der Waals surface area contributed by atoms with Crippen LogP contribution in [-0.4, -0.2) is 34.7 Å². The van der Waals surface area contributed by atoms with Gasteiger partial charge in [0.2, 0.25) is 0 Å². The number of aryl methyl sites for hydroxylation is 2. The molecule has 0 saturated heterocycles. The van der Waals surface area contributed by atoms with Crippen molar-refractivity contribution < 1.29 is 5.11 Å². The first kappa shape index (κ1) is 12.4. The predicted octanol–water partition coefficient (Wildman–Crippen LogP) is 1.74. The molecule has 0 aliphatic rings. The Bertz CT molecular complexity index is 303. The van der Waals surface area contributed by atoms with Crippen LogP contribution in [0.1, 0.15) is 15.6 Å². The molecule has 0 bridgehead atoms. The molecular weight excluding hydrogens is 208 g/mol. The van der Waals surface area contributed by atoms with Gasteiger partial charge in [-0.05, 0) is 13.8 Å². The Hall–Kier alpha value is -0.710. The van der Waals surface area contributed by atoms with E-state index in [-0.39, 0.29) is 6.61 Å². The molecule has 0 aromatic carbocycles. The molecule has 0 saturated carbocycles. The van der Waals surface area contributed by atoms with Crippen molar-refractivity contribution in [2.45, 2.75) is 20.4 Å². The van der Waals surface area contributed by atoms with Crippen LogP contribution < -0.4 is 0 Å². The van der Waals surface area contributed by atoms with Crippen LogP contribution in [0, 0.1) is 13.8 Å². The minimum Gasteiger partial charge on any atom is -0.395 e. The highest BCUT2D eigenvalue weighted by Crippen LogP contribution is 2.17. The Morgan fingerprint density at radius 2 is 2.27 bits per heavy atom. The molecule has 0 atom stereocenters. The molecule has 0 fully saturated rings. The van der Waals surface area contributed by atoms with Crippen LogP contribution in [-0.2, 0) is 6.54 Å². The third-order valence-corrected chi connectivity index (χ3v) is 3.29. The van der Waals surface area contributed by atoms with Gasteiger partial charge in [-0.1, -0.05) is 6.08 Å². The second kappa shape index (κ2) is 6.00. The smallest absolute Gasteiger partial charge is 0.107 e. The van der Waals surface area contributed by atoms with E-state index in [0.29, 0.717) is 6.54 Å². The number of nitrogens with zero attached hydrogens (tertiary/aromatic N) is 2. The van der Waals surface area contributed by atoms with Gasteiger partial charge in [0, 0.05) is 18.0 Å². The van der Waals surface area contributed by atoms with Gasteiger partial charge in [0.25, 0.3) is 0 Å². The van der Waals surface area contributed by atoms with Gasteiger partial charge < -0.3 is 5.11 Å². The summed E-state index contributed by atoms with van der Waals surface area (Å²) in [7, 11) is 0. The normalized spacial score (nSPS) is 10.9. The van der Waals surface area contributed by atoms with E-state index in [4.69, 9.17) is 5.11 Å². The molecule has 1 aromatic rings. The highest BCUT2D eigenvalue weighted by molar-refractivity contribution is 7.11. The van der Waals surface area contributed by atoms with E-state index in [1.807, 2.05) is 13.0 Å². The molecule has 1 heterocycles. The van der Waals surface area contributed by atoms with E-state index < -0.39 is 0 Å². The quantitative estimate of drug-likeness (QED) is 0.751. The summed E-state index contributed by atoms with van der Waals surface area (Å²) in [6, 6.07) is 0. The van der Waals surface area contributed by atoms with E-state index in [1.165, 1.54) is 4.88 Å². The lowest BCUT2D eigenvalue weighted by Crippen LogP contribution is -2.26. The first-order valence-corrected chi connectivity index (χ1v) is 5.86. The van der Waals surface area contributed by atoms with E-state index >= 15 is 0 Å². The third-order valence-electron chi connectivity index (χ3n) is 2.24. The van der Waals surface area contributed by atoms with E-state index in [0.717, 1.165) is 23.8 Å². The maximum Gasteiger partial charge on any atom is 0.107 e. The number of hydrogen-bond acceptors (Lipinski definition) is 4. The van der Waals surface area contributed by atoms with Gasteiger partial charge in [0.15, 0.2) is 0 Å². The molecule has 3 nitrogen and oxygen atoms in total. The summed E-state index contributed by atoms with van der Waals surface area (Å²) in [4.78, 5) is 7.88. The van der Waals surface area contributed by atoms with Crippen LogP contribution >= 0.6 is 11.3 Å². The fourth-order valence-electron chi connectivity index (χ4n) is 1.36. The first-order chi connectivity index (χ1) is 7.17. The zero-order valence-electron chi connectivity index (χ0n) is 9.36. The largest absolute Gasteiger partial charge is 0.395 e. The topological polar surface area (TPSA) is 36.4 Å². The fourth-order valence-corrected chi connectivity index (χ4v) is 2.33. The molecular formula is C11H18N2OS. The predicted molar refractivity (Wildman–Crippen MR) is 64.1 cm³/mol. The number of aliphatic hydroxyl groups is 1.